The molecule has 0 radical (unpaired) electrons. The summed E-state index contributed by atoms with van der Waals surface area (Å²) in [4.78, 5) is 4.54. The fraction of sp³-hybridized carbons (Fsp3) is 0.727. The van der Waals surface area contributed by atoms with Crippen LogP contribution in [0.25, 0.3) is 0 Å². The van der Waals surface area contributed by atoms with Gasteiger partial charge in [0.25, 0.3) is 0 Å². The molecule has 1 aliphatic rings. The van der Waals surface area contributed by atoms with Gasteiger partial charge in [0.2, 0.25) is 5.95 Å². The third-order valence-corrected chi connectivity index (χ3v) is 3.83. The van der Waals surface area contributed by atoms with Gasteiger partial charge in [0.15, 0.2) is 0 Å². The van der Waals surface area contributed by atoms with E-state index in [1.54, 1.807) is 0 Å². The van der Waals surface area contributed by atoms with E-state index in [4.69, 9.17) is 0 Å². The lowest BCUT2D eigenvalue weighted by atomic mass is 10.3. The summed E-state index contributed by atoms with van der Waals surface area (Å²) in [5.41, 5.74) is 1.09. The van der Waals surface area contributed by atoms with Crippen molar-refractivity contribution in [2.24, 2.45) is 0 Å². The van der Waals surface area contributed by atoms with Gasteiger partial charge in [-0.3, -0.25) is 0 Å². The second-order valence-electron chi connectivity index (χ2n) is 4.41. The zero-order chi connectivity index (χ0) is 10.8. The van der Waals surface area contributed by atoms with Crippen LogP contribution in [0.3, 0.4) is 0 Å². The molecule has 0 amide bonds. The first-order chi connectivity index (χ1) is 7.16. The lowest BCUT2D eigenvalue weighted by Crippen LogP contribution is -2.21. The molecule has 15 heavy (non-hydrogen) atoms. The van der Waals surface area contributed by atoms with Crippen LogP contribution < -0.4 is 5.32 Å². The van der Waals surface area contributed by atoms with Crippen molar-refractivity contribution in [2.45, 2.75) is 39.3 Å². The second-order valence-corrected chi connectivity index (χ2v) is 5.56. The summed E-state index contributed by atoms with van der Waals surface area (Å²) >= 11 is 2.02. The zero-order valence-electron chi connectivity index (χ0n) is 9.66. The Morgan fingerprint density at radius 2 is 2.40 bits per heavy atom. The number of hydrogen-bond acceptors (Lipinski definition) is 3. The van der Waals surface area contributed by atoms with Gasteiger partial charge in [-0.2, -0.15) is 11.8 Å². The lowest BCUT2D eigenvalue weighted by Gasteiger charge is -2.16. The van der Waals surface area contributed by atoms with Gasteiger partial charge in [0, 0.05) is 24.0 Å². The molecular formula is C11H19N3S. The number of hydrogen-bond donors (Lipinski definition) is 1. The van der Waals surface area contributed by atoms with Gasteiger partial charge in [0.1, 0.15) is 0 Å². The second kappa shape index (κ2) is 4.47. The summed E-state index contributed by atoms with van der Waals surface area (Å²) in [7, 11) is 0. The lowest BCUT2D eigenvalue weighted by molar-refractivity contribution is 0.599. The van der Waals surface area contributed by atoms with Crippen molar-refractivity contribution >= 4 is 17.7 Å². The predicted octanol–water partition coefficient (Wildman–Crippen LogP) is 2.69. The molecule has 0 saturated carbocycles. The van der Waals surface area contributed by atoms with Crippen molar-refractivity contribution in [3.8, 4) is 0 Å². The average Bonchev–Trinajstić information content (AvgIpc) is 2.75. The molecule has 1 aliphatic heterocycles. The monoisotopic (exact) mass is 225 g/mol. The van der Waals surface area contributed by atoms with Crippen molar-refractivity contribution in [3.63, 3.8) is 0 Å². The Morgan fingerprint density at radius 1 is 1.60 bits per heavy atom. The van der Waals surface area contributed by atoms with E-state index in [0.717, 1.165) is 11.6 Å². The van der Waals surface area contributed by atoms with Crippen LogP contribution in [-0.4, -0.2) is 27.1 Å². The van der Waals surface area contributed by atoms with Crippen molar-refractivity contribution in [3.05, 3.63) is 11.9 Å². The van der Waals surface area contributed by atoms with Crippen molar-refractivity contribution in [2.75, 3.05) is 16.8 Å². The van der Waals surface area contributed by atoms with Crippen LogP contribution in [0.2, 0.25) is 0 Å². The Balaban J connectivity index is 2.11. The van der Waals surface area contributed by atoms with Gasteiger partial charge >= 0.3 is 0 Å². The SMILES string of the molecule is Cc1cn(C(C)C)c(NC2CCSC2)n1. The van der Waals surface area contributed by atoms with Crippen LogP contribution in [0.1, 0.15) is 32.0 Å². The largest absolute Gasteiger partial charge is 0.352 e. The Morgan fingerprint density at radius 3 is 3.00 bits per heavy atom. The van der Waals surface area contributed by atoms with Gasteiger partial charge in [-0.15, -0.1) is 0 Å². The number of aryl methyl sites for hydroxylation is 1. The molecule has 1 atom stereocenters. The highest BCUT2D eigenvalue weighted by Gasteiger charge is 2.18. The quantitative estimate of drug-likeness (QED) is 0.857. The average molecular weight is 225 g/mol. The van der Waals surface area contributed by atoms with Gasteiger partial charge in [-0.05, 0) is 32.9 Å². The van der Waals surface area contributed by atoms with Gasteiger partial charge in [-0.25, -0.2) is 4.98 Å². The van der Waals surface area contributed by atoms with Crippen molar-refractivity contribution in [1.29, 1.82) is 0 Å². The van der Waals surface area contributed by atoms with Crippen LogP contribution in [0.15, 0.2) is 6.20 Å². The molecule has 1 N–H and O–H groups in total. The van der Waals surface area contributed by atoms with Crippen molar-refractivity contribution in [1.82, 2.24) is 9.55 Å². The Labute approximate surface area is 95.7 Å². The molecule has 0 aromatic carbocycles. The maximum atomic E-state index is 4.54. The molecule has 1 fully saturated rings. The normalized spacial score (nSPS) is 21.2. The molecule has 4 heteroatoms. The molecule has 1 aromatic rings. The van der Waals surface area contributed by atoms with Crippen LogP contribution in [0, 0.1) is 6.92 Å². The standard InChI is InChI=1S/C11H19N3S/c1-8(2)14-6-9(3)12-11(14)13-10-4-5-15-7-10/h6,8,10H,4-5,7H2,1-3H3,(H,12,13). The van der Waals surface area contributed by atoms with E-state index in [9.17, 15) is 0 Å². The number of anilines is 1. The van der Waals surface area contributed by atoms with E-state index in [2.05, 4.69) is 34.9 Å². The Hall–Kier alpha value is -0.640. The highest BCUT2D eigenvalue weighted by molar-refractivity contribution is 7.99. The maximum absolute atomic E-state index is 4.54. The molecule has 1 saturated heterocycles. The van der Waals surface area contributed by atoms with Gasteiger partial charge in [-0.1, -0.05) is 0 Å². The van der Waals surface area contributed by atoms with Gasteiger partial charge < -0.3 is 9.88 Å². The molecule has 2 rings (SSSR count). The molecule has 0 bridgehead atoms. The highest BCUT2D eigenvalue weighted by Crippen LogP contribution is 2.22. The van der Waals surface area contributed by atoms with E-state index < -0.39 is 0 Å². The molecule has 3 nitrogen and oxygen atoms in total. The maximum Gasteiger partial charge on any atom is 0.203 e. The number of aromatic nitrogens is 2. The number of imidazole rings is 1. The predicted molar refractivity (Wildman–Crippen MR) is 66.7 cm³/mol. The van der Waals surface area contributed by atoms with Crippen LogP contribution in [0.4, 0.5) is 5.95 Å². The number of thioether (sulfide) groups is 1. The van der Waals surface area contributed by atoms with E-state index in [0.29, 0.717) is 12.1 Å². The summed E-state index contributed by atoms with van der Waals surface area (Å²) in [6.45, 7) is 6.43. The van der Waals surface area contributed by atoms with Crippen molar-refractivity contribution < 1.29 is 0 Å². The summed E-state index contributed by atoms with van der Waals surface area (Å²) in [6, 6.07) is 1.08. The van der Waals surface area contributed by atoms with Gasteiger partial charge in [0.05, 0.1) is 5.69 Å². The Kier molecular flexibility index (Phi) is 3.24. The Bertz CT molecular complexity index is 327. The highest BCUT2D eigenvalue weighted by atomic mass is 32.2. The van der Waals surface area contributed by atoms with Crippen LogP contribution >= 0.6 is 11.8 Å². The molecule has 84 valence electrons. The first-order valence-electron chi connectivity index (χ1n) is 5.56. The van der Waals surface area contributed by atoms with E-state index in [1.807, 2.05) is 18.7 Å². The molecule has 0 aliphatic carbocycles. The smallest absolute Gasteiger partial charge is 0.203 e. The fourth-order valence-corrected chi connectivity index (χ4v) is 3.00. The van der Waals surface area contributed by atoms with E-state index >= 15 is 0 Å². The summed E-state index contributed by atoms with van der Waals surface area (Å²) < 4.78 is 2.22. The number of nitrogens with zero attached hydrogens (tertiary/aromatic N) is 2. The molecule has 1 unspecified atom stereocenters. The number of rotatable bonds is 3. The number of nitrogens with one attached hydrogen (secondary N) is 1. The third-order valence-electron chi connectivity index (χ3n) is 2.67. The summed E-state index contributed by atoms with van der Waals surface area (Å²) in [5.74, 6) is 3.53. The minimum absolute atomic E-state index is 0.475. The molecule has 2 heterocycles. The topological polar surface area (TPSA) is 29.9 Å². The third kappa shape index (κ3) is 2.48. The summed E-state index contributed by atoms with van der Waals surface area (Å²) in [6.07, 6.45) is 3.38. The first kappa shape index (κ1) is 10.9. The van der Waals surface area contributed by atoms with E-state index in [1.165, 1.54) is 17.9 Å². The minimum atomic E-state index is 0.475. The summed E-state index contributed by atoms with van der Waals surface area (Å²) in [5, 5.41) is 3.54. The molecular weight excluding hydrogens is 206 g/mol. The minimum Gasteiger partial charge on any atom is -0.352 e. The fourth-order valence-electron chi connectivity index (χ4n) is 1.85. The van der Waals surface area contributed by atoms with E-state index in [-0.39, 0.29) is 0 Å². The molecule has 0 spiro atoms. The van der Waals surface area contributed by atoms with Crippen LogP contribution in [0.5, 0.6) is 0 Å². The molecule has 1 aromatic heterocycles. The van der Waals surface area contributed by atoms with Crippen LogP contribution in [-0.2, 0) is 0 Å². The first-order valence-corrected chi connectivity index (χ1v) is 6.72. The zero-order valence-corrected chi connectivity index (χ0v) is 10.5.